The van der Waals surface area contributed by atoms with Crippen molar-refractivity contribution in [3.05, 3.63) is 57.2 Å². The Hall–Kier alpha value is -1.36. The van der Waals surface area contributed by atoms with Crippen molar-refractivity contribution < 1.29 is 4.79 Å². The number of hydrogen-bond donors (Lipinski definition) is 2. The lowest BCUT2D eigenvalue weighted by Crippen LogP contribution is -2.35. The van der Waals surface area contributed by atoms with Crippen LogP contribution in [-0.2, 0) is 11.2 Å². The predicted molar refractivity (Wildman–Crippen MR) is 88.9 cm³/mol. The molecule has 2 aromatic rings. The molecule has 0 aliphatic carbocycles. The molecule has 112 valence electrons. The van der Waals surface area contributed by atoms with Crippen LogP contribution in [0.5, 0.6) is 0 Å². The average molecular weight is 323 g/mol. The van der Waals surface area contributed by atoms with E-state index in [0.717, 1.165) is 17.0 Å². The first kappa shape index (κ1) is 16.0. The van der Waals surface area contributed by atoms with Crippen LogP contribution in [0.25, 0.3) is 0 Å². The molecule has 2 rings (SSSR count). The highest BCUT2D eigenvalue weighted by atomic mass is 35.5. The van der Waals surface area contributed by atoms with Gasteiger partial charge in [0.15, 0.2) is 0 Å². The number of halogens is 1. The van der Waals surface area contributed by atoms with E-state index in [9.17, 15) is 4.79 Å². The molecule has 1 atom stereocenters. The molecule has 1 aromatic carbocycles. The van der Waals surface area contributed by atoms with E-state index in [0.29, 0.717) is 13.1 Å². The largest absolute Gasteiger partial charge is 0.355 e. The standard InChI is InChI=1S/C16H19ClN2OS/c1-12(13-4-6-14(17)7-5-13)19-11-16(20)18-9-8-15-3-2-10-21-15/h2-7,10,12,19H,8-9,11H2,1H3,(H,18,20)/t12-/m0/s1. The minimum atomic E-state index is 0.0207. The molecule has 5 heteroatoms. The number of carbonyl (C=O) groups excluding carboxylic acids is 1. The van der Waals surface area contributed by atoms with Crippen molar-refractivity contribution in [1.82, 2.24) is 10.6 Å². The van der Waals surface area contributed by atoms with Gasteiger partial charge in [-0.15, -0.1) is 11.3 Å². The van der Waals surface area contributed by atoms with Crippen molar-refractivity contribution in [2.75, 3.05) is 13.1 Å². The zero-order valence-electron chi connectivity index (χ0n) is 11.9. The maximum absolute atomic E-state index is 11.8. The van der Waals surface area contributed by atoms with E-state index in [1.165, 1.54) is 4.88 Å². The Morgan fingerprint density at radius 2 is 2.05 bits per heavy atom. The summed E-state index contributed by atoms with van der Waals surface area (Å²) in [7, 11) is 0. The molecule has 0 spiro atoms. The summed E-state index contributed by atoms with van der Waals surface area (Å²) in [5, 5.41) is 8.90. The third-order valence-corrected chi connectivity index (χ3v) is 4.40. The molecule has 0 saturated heterocycles. The Morgan fingerprint density at radius 1 is 1.29 bits per heavy atom. The van der Waals surface area contributed by atoms with Crippen molar-refractivity contribution >= 4 is 28.8 Å². The summed E-state index contributed by atoms with van der Waals surface area (Å²) in [6, 6.07) is 11.9. The fraction of sp³-hybridized carbons (Fsp3) is 0.312. The smallest absolute Gasteiger partial charge is 0.233 e. The van der Waals surface area contributed by atoms with Gasteiger partial charge in [-0.1, -0.05) is 29.8 Å². The third-order valence-electron chi connectivity index (χ3n) is 3.21. The van der Waals surface area contributed by atoms with Gasteiger partial charge in [0.05, 0.1) is 6.54 Å². The monoisotopic (exact) mass is 322 g/mol. The quantitative estimate of drug-likeness (QED) is 0.820. The maximum Gasteiger partial charge on any atom is 0.233 e. The van der Waals surface area contributed by atoms with Gasteiger partial charge in [0.25, 0.3) is 0 Å². The van der Waals surface area contributed by atoms with Gasteiger partial charge in [0.1, 0.15) is 0 Å². The summed E-state index contributed by atoms with van der Waals surface area (Å²) in [5.41, 5.74) is 1.12. The van der Waals surface area contributed by atoms with E-state index in [4.69, 9.17) is 11.6 Å². The van der Waals surface area contributed by atoms with Crippen LogP contribution in [0.15, 0.2) is 41.8 Å². The summed E-state index contributed by atoms with van der Waals surface area (Å²) >= 11 is 7.57. The average Bonchev–Trinajstić information content (AvgIpc) is 2.99. The van der Waals surface area contributed by atoms with E-state index < -0.39 is 0 Å². The van der Waals surface area contributed by atoms with E-state index in [-0.39, 0.29) is 11.9 Å². The van der Waals surface area contributed by atoms with Gasteiger partial charge >= 0.3 is 0 Å². The van der Waals surface area contributed by atoms with E-state index in [1.54, 1.807) is 11.3 Å². The number of rotatable bonds is 7. The van der Waals surface area contributed by atoms with E-state index in [2.05, 4.69) is 16.7 Å². The lowest BCUT2D eigenvalue weighted by atomic mass is 10.1. The van der Waals surface area contributed by atoms with Crippen LogP contribution >= 0.6 is 22.9 Å². The first-order chi connectivity index (χ1) is 10.1. The molecule has 0 saturated carbocycles. The second-order valence-electron chi connectivity index (χ2n) is 4.83. The minimum absolute atomic E-state index is 0.0207. The predicted octanol–water partition coefficient (Wildman–Crippen LogP) is 3.41. The molecule has 1 aromatic heterocycles. The van der Waals surface area contributed by atoms with E-state index >= 15 is 0 Å². The number of thiophene rings is 1. The Morgan fingerprint density at radius 3 is 2.71 bits per heavy atom. The Kier molecular flexibility index (Phi) is 6.23. The molecule has 0 aliphatic rings. The van der Waals surface area contributed by atoms with Crippen molar-refractivity contribution in [2.24, 2.45) is 0 Å². The van der Waals surface area contributed by atoms with Gasteiger partial charge in [-0.3, -0.25) is 4.79 Å². The molecule has 21 heavy (non-hydrogen) atoms. The molecule has 1 amide bonds. The first-order valence-corrected chi connectivity index (χ1v) is 8.19. The maximum atomic E-state index is 11.8. The van der Waals surface area contributed by atoms with Crippen LogP contribution in [0.1, 0.15) is 23.4 Å². The number of hydrogen-bond acceptors (Lipinski definition) is 3. The van der Waals surface area contributed by atoms with Crippen molar-refractivity contribution in [1.29, 1.82) is 0 Å². The molecule has 0 bridgehead atoms. The lowest BCUT2D eigenvalue weighted by Gasteiger charge is -2.14. The summed E-state index contributed by atoms with van der Waals surface area (Å²) in [6.07, 6.45) is 0.885. The van der Waals surface area contributed by atoms with Crippen LogP contribution in [0.4, 0.5) is 0 Å². The molecule has 0 fully saturated rings. The second kappa shape index (κ2) is 8.17. The van der Waals surface area contributed by atoms with Gasteiger partial charge in [-0.2, -0.15) is 0 Å². The molecule has 0 radical (unpaired) electrons. The fourth-order valence-corrected chi connectivity index (χ4v) is 2.79. The Labute approximate surface area is 134 Å². The Balaban J connectivity index is 1.67. The third kappa shape index (κ3) is 5.50. The highest BCUT2D eigenvalue weighted by Gasteiger charge is 2.07. The molecule has 2 N–H and O–H groups in total. The van der Waals surface area contributed by atoms with Crippen LogP contribution < -0.4 is 10.6 Å². The second-order valence-corrected chi connectivity index (χ2v) is 6.30. The molecular weight excluding hydrogens is 304 g/mol. The Bertz CT molecular complexity index is 554. The summed E-state index contributed by atoms with van der Waals surface area (Å²) in [6.45, 7) is 3.02. The van der Waals surface area contributed by atoms with E-state index in [1.807, 2.05) is 42.6 Å². The summed E-state index contributed by atoms with van der Waals surface area (Å²) < 4.78 is 0. The zero-order chi connectivity index (χ0) is 15.1. The molecule has 1 heterocycles. The van der Waals surface area contributed by atoms with Gasteiger partial charge in [-0.05, 0) is 42.5 Å². The van der Waals surface area contributed by atoms with Crippen molar-refractivity contribution in [3.63, 3.8) is 0 Å². The highest BCUT2D eigenvalue weighted by Crippen LogP contribution is 2.15. The van der Waals surface area contributed by atoms with Crippen molar-refractivity contribution in [3.8, 4) is 0 Å². The van der Waals surface area contributed by atoms with Crippen LogP contribution in [0.2, 0.25) is 5.02 Å². The SMILES string of the molecule is C[C@H](NCC(=O)NCCc1cccs1)c1ccc(Cl)cc1. The minimum Gasteiger partial charge on any atom is -0.355 e. The molecular formula is C16H19ClN2OS. The van der Waals surface area contributed by atoms with Gasteiger partial charge in [-0.25, -0.2) is 0 Å². The number of carbonyl (C=O) groups is 1. The molecule has 0 aliphatic heterocycles. The lowest BCUT2D eigenvalue weighted by molar-refractivity contribution is -0.120. The summed E-state index contributed by atoms with van der Waals surface area (Å²) in [4.78, 5) is 13.1. The zero-order valence-corrected chi connectivity index (χ0v) is 13.5. The van der Waals surface area contributed by atoms with Crippen molar-refractivity contribution in [2.45, 2.75) is 19.4 Å². The van der Waals surface area contributed by atoms with Crippen LogP contribution in [0, 0.1) is 0 Å². The van der Waals surface area contributed by atoms with Gasteiger partial charge in [0, 0.05) is 22.5 Å². The fourth-order valence-electron chi connectivity index (χ4n) is 1.96. The molecule has 0 unspecified atom stereocenters. The number of nitrogens with one attached hydrogen (secondary N) is 2. The molecule has 3 nitrogen and oxygen atoms in total. The topological polar surface area (TPSA) is 41.1 Å². The summed E-state index contributed by atoms with van der Waals surface area (Å²) in [5.74, 6) is 0.0207. The number of amides is 1. The van der Waals surface area contributed by atoms with Gasteiger partial charge in [0.2, 0.25) is 5.91 Å². The highest BCUT2D eigenvalue weighted by molar-refractivity contribution is 7.09. The first-order valence-electron chi connectivity index (χ1n) is 6.93. The van der Waals surface area contributed by atoms with Gasteiger partial charge < -0.3 is 10.6 Å². The van der Waals surface area contributed by atoms with Crippen LogP contribution in [0.3, 0.4) is 0 Å². The number of benzene rings is 1. The van der Waals surface area contributed by atoms with Crippen LogP contribution in [-0.4, -0.2) is 19.0 Å². The normalized spacial score (nSPS) is 12.1.